The van der Waals surface area contributed by atoms with Crippen LogP contribution < -0.4 is 4.74 Å². The van der Waals surface area contributed by atoms with Gasteiger partial charge in [0.25, 0.3) is 0 Å². The first-order valence-corrected chi connectivity index (χ1v) is 6.88. The molecule has 1 unspecified atom stereocenters. The lowest BCUT2D eigenvalue weighted by molar-refractivity contribution is 0.113. The summed E-state index contributed by atoms with van der Waals surface area (Å²) >= 11 is 5.92. The van der Waals surface area contributed by atoms with Gasteiger partial charge in [-0.15, -0.1) is 0 Å². The number of halogens is 1. The van der Waals surface area contributed by atoms with Crippen molar-refractivity contribution in [1.82, 2.24) is 4.90 Å². The van der Waals surface area contributed by atoms with Crippen LogP contribution >= 0.6 is 11.6 Å². The summed E-state index contributed by atoms with van der Waals surface area (Å²) in [6.45, 7) is 4.61. The van der Waals surface area contributed by atoms with Crippen LogP contribution in [0.15, 0.2) is 24.3 Å². The third-order valence-corrected chi connectivity index (χ3v) is 3.50. The van der Waals surface area contributed by atoms with Crippen LogP contribution in [0.5, 0.6) is 5.75 Å². The fraction of sp³-hybridized carbons (Fsp3) is 0.571. The van der Waals surface area contributed by atoms with Gasteiger partial charge in [0.1, 0.15) is 11.9 Å². The Labute approximate surface area is 113 Å². The Hall–Kier alpha value is -0.770. The number of benzene rings is 1. The zero-order chi connectivity index (χ0) is 13.0. The van der Waals surface area contributed by atoms with E-state index >= 15 is 0 Å². The Morgan fingerprint density at radius 3 is 3.11 bits per heavy atom. The van der Waals surface area contributed by atoms with Crippen molar-refractivity contribution in [2.45, 2.75) is 32.0 Å². The van der Waals surface area contributed by atoms with Crippen molar-refractivity contribution in [1.29, 1.82) is 0 Å². The number of β-amino-alcohol motifs (C(OH)–C–C–N with tert-alkyl or cyclic N) is 1. The minimum absolute atomic E-state index is 0.201. The van der Waals surface area contributed by atoms with Crippen LogP contribution in [0.25, 0.3) is 0 Å². The maximum atomic E-state index is 9.63. The summed E-state index contributed by atoms with van der Waals surface area (Å²) in [6.07, 6.45) is 1.78. The number of hydrogen-bond acceptors (Lipinski definition) is 3. The molecule has 0 aliphatic carbocycles. The molecular weight excluding hydrogens is 250 g/mol. The van der Waals surface area contributed by atoms with Crippen molar-refractivity contribution in [3.8, 4) is 5.75 Å². The molecule has 0 amide bonds. The van der Waals surface area contributed by atoms with Gasteiger partial charge in [-0.2, -0.15) is 0 Å². The van der Waals surface area contributed by atoms with Gasteiger partial charge in [-0.25, -0.2) is 0 Å². The number of likely N-dealkylation sites (tertiary alicyclic amines) is 1. The fourth-order valence-corrected chi connectivity index (χ4v) is 2.40. The molecular formula is C14H20ClNO2. The first-order chi connectivity index (χ1) is 8.67. The predicted molar refractivity (Wildman–Crippen MR) is 73.2 cm³/mol. The van der Waals surface area contributed by atoms with Gasteiger partial charge >= 0.3 is 0 Å². The second kappa shape index (κ2) is 6.41. The van der Waals surface area contributed by atoms with Crippen LogP contribution in [-0.4, -0.2) is 41.8 Å². The van der Waals surface area contributed by atoms with Gasteiger partial charge in [0, 0.05) is 24.7 Å². The average Bonchev–Trinajstić information content (AvgIpc) is 2.76. The van der Waals surface area contributed by atoms with Crippen LogP contribution in [0.4, 0.5) is 0 Å². The quantitative estimate of drug-likeness (QED) is 0.892. The van der Waals surface area contributed by atoms with Crippen LogP contribution in [-0.2, 0) is 0 Å². The van der Waals surface area contributed by atoms with Crippen molar-refractivity contribution in [3.05, 3.63) is 29.3 Å². The van der Waals surface area contributed by atoms with E-state index in [-0.39, 0.29) is 12.2 Å². The topological polar surface area (TPSA) is 32.7 Å². The molecule has 18 heavy (non-hydrogen) atoms. The van der Waals surface area contributed by atoms with E-state index in [1.54, 1.807) is 0 Å². The maximum absolute atomic E-state index is 9.63. The highest BCUT2D eigenvalue weighted by molar-refractivity contribution is 6.30. The summed E-state index contributed by atoms with van der Waals surface area (Å²) in [5, 5.41) is 10.3. The molecule has 4 heteroatoms. The number of nitrogens with zero attached hydrogens (tertiary/aromatic N) is 1. The van der Waals surface area contributed by atoms with Crippen LogP contribution in [0.3, 0.4) is 0 Å². The normalized spacial score (nSPS) is 22.1. The van der Waals surface area contributed by atoms with Gasteiger partial charge in [0.05, 0.1) is 6.10 Å². The van der Waals surface area contributed by atoms with Gasteiger partial charge < -0.3 is 9.84 Å². The van der Waals surface area contributed by atoms with Gasteiger partial charge in [-0.05, 0) is 31.0 Å². The number of hydrogen-bond donors (Lipinski definition) is 1. The van der Waals surface area contributed by atoms with Crippen LogP contribution in [0, 0.1) is 0 Å². The van der Waals surface area contributed by atoms with Crippen molar-refractivity contribution in [3.63, 3.8) is 0 Å². The van der Waals surface area contributed by atoms with E-state index in [1.807, 2.05) is 31.2 Å². The summed E-state index contributed by atoms with van der Waals surface area (Å²) in [4.78, 5) is 2.25. The Bertz CT molecular complexity index is 386. The third-order valence-electron chi connectivity index (χ3n) is 3.27. The first kappa shape index (κ1) is 13.7. The van der Waals surface area contributed by atoms with Crippen molar-refractivity contribution < 1.29 is 9.84 Å². The summed E-state index contributed by atoms with van der Waals surface area (Å²) in [5.41, 5.74) is 0. The molecule has 1 heterocycles. The molecule has 3 nitrogen and oxygen atoms in total. The Morgan fingerprint density at radius 2 is 2.39 bits per heavy atom. The number of aliphatic hydroxyl groups is 1. The van der Waals surface area contributed by atoms with E-state index < -0.39 is 0 Å². The van der Waals surface area contributed by atoms with Gasteiger partial charge in [-0.3, -0.25) is 4.90 Å². The van der Waals surface area contributed by atoms with E-state index in [1.165, 1.54) is 0 Å². The Balaban J connectivity index is 1.82. The molecule has 0 radical (unpaired) electrons. The molecule has 0 spiro atoms. The molecule has 1 aromatic rings. The summed E-state index contributed by atoms with van der Waals surface area (Å²) in [5.74, 6) is 0.824. The zero-order valence-electron chi connectivity index (χ0n) is 10.7. The lowest BCUT2D eigenvalue weighted by atomic mass is 10.2. The molecule has 1 aromatic carbocycles. The largest absolute Gasteiger partial charge is 0.489 e. The molecule has 1 fully saturated rings. The smallest absolute Gasteiger partial charge is 0.121 e. The summed E-state index contributed by atoms with van der Waals surface area (Å²) in [7, 11) is 0. The molecule has 1 aliphatic rings. The highest BCUT2D eigenvalue weighted by Gasteiger charge is 2.25. The SMILES string of the molecule is CC[C@@H](O)CN1CCC(Oc2cccc(Cl)c2)C1. The van der Waals surface area contributed by atoms with Crippen molar-refractivity contribution in [2.75, 3.05) is 19.6 Å². The predicted octanol–water partition coefficient (Wildman–Crippen LogP) is 2.56. The summed E-state index contributed by atoms with van der Waals surface area (Å²) in [6, 6.07) is 7.50. The average molecular weight is 270 g/mol. The molecule has 100 valence electrons. The number of ether oxygens (including phenoxy) is 1. The lowest BCUT2D eigenvalue weighted by Gasteiger charge is -2.19. The van der Waals surface area contributed by atoms with Gasteiger partial charge in [0.2, 0.25) is 0 Å². The highest BCUT2D eigenvalue weighted by atomic mass is 35.5. The zero-order valence-corrected chi connectivity index (χ0v) is 11.4. The molecule has 1 saturated heterocycles. The third kappa shape index (κ3) is 3.87. The van der Waals surface area contributed by atoms with Gasteiger partial charge in [-0.1, -0.05) is 24.6 Å². The van der Waals surface area contributed by atoms with E-state index in [0.29, 0.717) is 5.02 Å². The van der Waals surface area contributed by atoms with Crippen molar-refractivity contribution in [2.24, 2.45) is 0 Å². The Morgan fingerprint density at radius 1 is 1.56 bits per heavy atom. The molecule has 0 aromatic heterocycles. The second-order valence-corrected chi connectivity index (χ2v) is 5.24. The monoisotopic (exact) mass is 269 g/mol. The number of aliphatic hydroxyl groups excluding tert-OH is 1. The first-order valence-electron chi connectivity index (χ1n) is 6.50. The van der Waals surface area contributed by atoms with Crippen LogP contribution in [0.2, 0.25) is 5.02 Å². The van der Waals surface area contributed by atoms with E-state index in [0.717, 1.165) is 38.2 Å². The molecule has 2 atom stereocenters. The van der Waals surface area contributed by atoms with E-state index in [4.69, 9.17) is 16.3 Å². The molecule has 1 N–H and O–H groups in total. The standard InChI is InChI=1S/C14H20ClNO2/c1-2-12(17)9-16-7-6-14(10-16)18-13-5-3-4-11(15)8-13/h3-5,8,12,14,17H,2,6-7,9-10H2,1H3/t12-,14?/m1/s1. The minimum Gasteiger partial charge on any atom is -0.489 e. The minimum atomic E-state index is -0.227. The highest BCUT2D eigenvalue weighted by Crippen LogP contribution is 2.21. The van der Waals surface area contributed by atoms with Crippen LogP contribution in [0.1, 0.15) is 19.8 Å². The molecule has 2 rings (SSSR count). The Kier molecular flexibility index (Phi) is 4.87. The van der Waals surface area contributed by atoms with Gasteiger partial charge in [0.15, 0.2) is 0 Å². The van der Waals surface area contributed by atoms with Crippen molar-refractivity contribution >= 4 is 11.6 Å². The number of rotatable bonds is 5. The van der Waals surface area contributed by atoms with E-state index in [2.05, 4.69) is 4.90 Å². The second-order valence-electron chi connectivity index (χ2n) is 4.81. The lowest BCUT2D eigenvalue weighted by Crippen LogP contribution is -2.32. The molecule has 0 saturated carbocycles. The molecule has 1 aliphatic heterocycles. The van der Waals surface area contributed by atoms with E-state index in [9.17, 15) is 5.11 Å². The summed E-state index contributed by atoms with van der Waals surface area (Å²) < 4.78 is 5.89. The molecule has 0 bridgehead atoms. The fourth-order valence-electron chi connectivity index (χ4n) is 2.22. The maximum Gasteiger partial charge on any atom is 0.121 e.